The molecule has 0 aromatic rings. The Kier molecular flexibility index (Phi) is 0.866. The van der Waals surface area contributed by atoms with E-state index in [2.05, 4.69) is 11.9 Å². The van der Waals surface area contributed by atoms with E-state index in [0.29, 0.717) is 12.1 Å². The molecule has 2 rings (SSSR count). The van der Waals surface area contributed by atoms with Crippen molar-refractivity contribution in [1.82, 2.24) is 4.90 Å². The normalized spacial score (nSPS) is 46.1. The van der Waals surface area contributed by atoms with Crippen LogP contribution in [-0.2, 0) is 4.74 Å². The smallest absolute Gasteiger partial charge is 0.0718 e. The Bertz CT molecular complexity index is 103. The molecule has 45 valence electrons. The maximum atomic E-state index is 5.34. The number of fused-ring (bicyclic) bond motifs is 2. The molecular weight excluding hydrogens is 102 g/mol. The molecule has 0 aromatic carbocycles. The average molecular weight is 112 g/mol. The molecule has 2 bridgehead atoms. The first-order chi connectivity index (χ1) is 3.86. The van der Waals surface area contributed by atoms with Crippen molar-refractivity contribution in [1.29, 1.82) is 0 Å². The Morgan fingerprint density at radius 1 is 1.62 bits per heavy atom. The van der Waals surface area contributed by atoms with Gasteiger partial charge in [-0.1, -0.05) is 0 Å². The highest BCUT2D eigenvalue weighted by molar-refractivity contribution is 4.90. The number of hydrogen-bond donors (Lipinski definition) is 0. The lowest BCUT2D eigenvalue weighted by Gasteiger charge is -2.20. The van der Waals surface area contributed by atoms with Crippen LogP contribution in [0.2, 0.25) is 0 Å². The van der Waals surface area contributed by atoms with Gasteiger partial charge in [-0.15, -0.1) is 0 Å². The highest BCUT2D eigenvalue weighted by Crippen LogP contribution is 2.26. The van der Waals surface area contributed by atoms with Gasteiger partial charge in [0.2, 0.25) is 0 Å². The number of ether oxygens (including phenoxy) is 1. The van der Waals surface area contributed by atoms with Crippen LogP contribution in [0.1, 0.15) is 6.42 Å². The second-order valence-electron chi connectivity index (χ2n) is 2.62. The second kappa shape index (κ2) is 1.45. The summed E-state index contributed by atoms with van der Waals surface area (Å²) in [6, 6.07) is 0.639. The highest BCUT2D eigenvalue weighted by Gasteiger charge is 2.36. The molecule has 2 fully saturated rings. The molecule has 2 saturated heterocycles. The fraction of sp³-hybridized carbons (Fsp3) is 0.833. The maximum Gasteiger partial charge on any atom is 0.0718 e. The van der Waals surface area contributed by atoms with Crippen molar-refractivity contribution < 1.29 is 4.74 Å². The first-order valence-electron chi connectivity index (χ1n) is 3.05. The van der Waals surface area contributed by atoms with Gasteiger partial charge in [0.25, 0.3) is 0 Å². The Morgan fingerprint density at radius 2 is 2.50 bits per heavy atom. The van der Waals surface area contributed by atoms with Crippen molar-refractivity contribution in [2.75, 3.05) is 13.2 Å². The van der Waals surface area contributed by atoms with E-state index in [1.807, 2.05) is 0 Å². The third kappa shape index (κ3) is 0.501. The van der Waals surface area contributed by atoms with E-state index < -0.39 is 0 Å². The Morgan fingerprint density at radius 3 is 2.75 bits per heavy atom. The summed E-state index contributed by atoms with van der Waals surface area (Å²) in [5.74, 6) is 0. The van der Waals surface area contributed by atoms with Crippen molar-refractivity contribution in [3.63, 3.8) is 0 Å². The molecule has 8 heavy (non-hydrogen) atoms. The minimum absolute atomic E-state index is 0.512. The van der Waals surface area contributed by atoms with E-state index in [9.17, 15) is 0 Å². The maximum absolute atomic E-state index is 5.34. The van der Waals surface area contributed by atoms with Gasteiger partial charge < -0.3 is 4.74 Å². The summed E-state index contributed by atoms with van der Waals surface area (Å²) in [6.07, 6.45) is 1.72. The zero-order chi connectivity index (χ0) is 5.56. The van der Waals surface area contributed by atoms with Gasteiger partial charge in [0.05, 0.1) is 12.7 Å². The van der Waals surface area contributed by atoms with Gasteiger partial charge in [-0.05, 0) is 6.42 Å². The van der Waals surface area contributed by atoms with Gasteiger partial charge in [-0.3, -0.25) is 4.90 Å². The second-order valence-corrected chi connectivity index (χ2v) is 2.62. The molecule has 0 saturated carbocycles. The van der Waals surface area contributed by atoms with E-state index in [0.717, 1.165) is 13.2 Å². The number of likely N-dealkylation sites (tertiary alicyclic amines) is 1. The quantitative estimate of drug-likeness (QED) is 0.445. The fourth-order valence-corrected chi connectivity index (χ4v) is 1.48. The SMILES string of the molecule is [CH2]N1C[C@H]2C[C@@H]1CO2. The monoisotopic (exact) mass is 112 g/mol. The van der Waals surface area contributed by atoms with E-state index in [4.69, 9.17) is 4.74 Å². The Labute approximate surface area is 49.4 Å². The minimum Gasteiger partial charge on any atom is -0.375 e. The largest absolute Gasteiger partial charge is 0.375 e. The average Bonchev–Trinajstić information content (AvgIpc) is 2.23. The standard InChI is InChI=1S/C6H10NO/c1-7-3-6-2-5(7)4-8-6/h5-6H,1-4H2/t5-,6-/m1/s1. The molecule has 0 spiro atoms. The lowest BCUT2D eigenvalue weighted by Crippen LogP contribution is -2.31. The Hall–Kier alpha value is -0.0800. The fourth-order valence-electron chi connectivity index (χ4n) is 1.48. The van der Waals surface area contributed by atoms with Crippen LogP contribution in [0.5, 0.6) is 0 Å². The summed E-state index contributed by atoms with van der Waals surface area (Å²) in [4.78, 5) is 2.13. The minimum atomic E-state index is 0.512. The van der Waals surface area contributed by atoms with Crippen LogP contribution in [0.25, 0.3) is 0 Å². The number of rotatable bonds is 0. The topological polar surface area (TPSA) is 12.5 Å². The molecule has 2 nitrogen and oxygen atoms in total. The van der Waals surface area contributed by atoms with Crippen LogP contribution in [0, 0.1) is 7.05 Å². The van der Waals surface area contributed by atoms with E-state index in [-0.39, 0.29) is 0 Å². The molecule has 2 atom stereocenters. The van der Waals surface area contributed by atoms with E-state index in [1.54, 1.807) is 0 Å². The molecule has 2 aliphatic heterocycles. The molecule has 0 amide bonds. The van der Waals surface area contributed by atoms with Crippen molar-refractivity contribution in [3.8, 4) is 0 Å². The van der Waals surface area contributed by atoms with Crippen LogP contribution in [0.3, 0.4) is 0 Å². The van der Waals surface area contributed by atoms with Crippen LogP contribution in [0.4, 0.5) is 0 Å². The molecule has 1 radical (unpaired) electrons. The number of nitrogens with zero attached hydrogens (tertiary/aromatic N) is 1. The van der Waals surface area contributed by atoms with Gasteiger partial charge in [-0.25, -0.2) is 0 Å². The lowest BCUT2D eigenvalue weighted by atomic mass is 10.2. The summed E-state index contributed by atoms with van der Waals surface area (Å²) < 4.78 is 5.34. The van der Waals surface area contributed by atoms with Crippen LogP contribution in [0.15, 0.2) is 0 Å². The molecule has 2 heteroatoms. The zero-order valence-electron chi connectivity index (χ0n) is 4.84. The van der Waals surface area contributed by atoms with Gasteiger partial charge >= 0.3 is 0 Å². The molecular formula is C6H10NO. The number of morpholine rings is 1. The molecule has 0 N–H and O–H groups in total. The van der Waals surface area contributed by atoms with Crippen LogP contribution in [-0.4, -0.2) is 30.2 Å². The van der Waals surface area contributed by atoms with E-state index in [1.165, 1.54) is 6.42 Å². The van der Waals surface area contributed by atoms with Crippen LogP contribution < -0.4 is 0 Å². The van der Waals surface area contributed by atoms with Crippen molar-refractivity contribution >= 4 is 0 Å². The molecule has 0 aliphatic carbocycles. The van der Waals surface area contributed by atoms with Gasteiger partial charge in [-0.2, -0.15) is 0 Å². The molecule has 2 heterocycles. The van der Waals surface area contributed by atoms with Gasteiger partial charge in [0.1, 0.15) is 0 Å². The predicted molar refractivity (Wildman–Crippen MR) is 30.2 cm³/mol. The van der Waals surface area contributed by atoms with Crippen molar-refractivity contribution in [3.05, 3.63) is 7.05 Å². The third-order valence-corrected chi connectivity index (χ3v) is 2.01. The van der Waals surface area contributed by atoms with Crippen molar-refractivity contribution in [2.24, 2.45) is 0 Å². The summed E-state index contributed by atoms with van der Waals surface area (Å²) in [5, 5.41) is 0. The van der Waals surface area contributed by atoms with Gasteiger partial charge in [0.15, 0.2) is 0 Å². The zero-order valence-corrected chi connectivity index (χ0v) is 4.84. The number of hydrogen-bond acceptors (Lipinski definition) is 2. The summed E-state index contributed by atoms with van der Waals surface area (Å²) in [6.45, 7) is 1.96. The highest BCUT2D eigenvalue weighted by atomic mass is 16.5. The first kappa shape index (κ1) is 4.77. The predicted octanol–water partition coefficient (Wildman–Crippen LogP) is 0.251. The summed E-state index contributed by atoms with van der Waals surface area (Å²) in [7, 11) is 3.87. The lowest BCUT2D eigenvalue weighted by molar-refractivity contribution is 0.0482. The summed E-state index contributed by atoms with van der Waals surface area (Å²) in [5.41, 5.74) is 0. The van der Waals surface area contributed by atoms with Crippen LogP contribution >= 0.6 is 0 Å². The third-order valence-electron chi connectivity index (χ3n) is 2.01. The van der Waals surface area contributed by atoms with Crippen molar-refractivity contribution in [2.45, 2.75) is 18.6 Å². The van der Waals surface area contributed by atoms with E-state index >= 15 is 0 Å². The molecule has 0 unspecified atom stereocenters. The Balaban J connectivity index is 2.11. The molecule has 0 aromatic heterocycles. The first-order valence-corrected chi connectivity index (χ1v) is 3.05. The molecule has 2 aliphatic rings. The summed E-state index contributed by atoms with van der Waals surface area (Å²) >= 11 is 0. The van der Waals surface area contributed by atoms with Gasteiger partial charge in [0, 0.05) is 19.6 Å².